The van der Waals surface area contributed by atoms with Crippen molar-refractivity contribution in [3.63, 3.8) is 0 Å². The van der Waals surface area contributed by atoms with Crippen LogP contribution >= 0.6 is 11.6 Å². The summed E-state index contributed by atoms with van der Waals surface area (Å²) in [7, 11) is 1.24. The van der Waals surface area contributed by atoms with E-state index in [2.05, 4.69) is 4.74 Å². The molecule has 0 N–H and O–H groups in total. The maximum atomic E-state index is 12.7. The van der Waals surface area contributed by atoms with E-state index in [1.807, 2.05) is 12.2 Å². The van der Waals surface area contributed by atoms with Gasteiger partial charge in [-0.15, -0.1) is 0 Å². The molecule has 3 aliphatic heterocycles. The molecule has 2 bridgehead atoms. The van der Waals surface area contributed by atoms with Crippen LogP contribution in [0.3, 0.4) is 0 Å². The topological polar surface area (TPSA) is 72.9 Å². The van der Waals surface area contributed by atoms with Gasteiger partial charge < -0.3 is 9.47 Å². The predicted octanol–water partition coefficient (Wildman–Crippen LogP) is 1.57. The number of ether oxygens (including phenoxy) is 2. The molecule has 0 spiro atoms. The summed E-state index contributed by atoms with van der Waals surface area (Å²) in [4.78, 5) is 38.2. The Balaban J connectivity index is 1.73. The number of hydrogen-bond donors (Lipinski definition) is 0. The number of anilines is 1. The van der Waals surface area contributed by atoms with Crippen molar-refractivity contribution in [2.45, 2.75) is 12.2 Å². The Morgan fingerprint density at radius 3 is 2.35 bits per heavy atom. The highest BCUT2D eigenvalue weighted by molar-refractivity contribution is 6.34. The molecule has 0 saturated carbocycles. The molecule has 1 aromatic rings. The van der Waals surface area contributed by atoms with Gasteiger partial charge in [-0.2, -0.15) is 0 Å². The minimum absolute atomic E-state index is 0.113. The first-order valence-corrected chi connectivity index (χ1v) is 7.50. The van der Waals surface area contributed by atoms with Gasteiger partial charge in [-0.25, -0.2) is 9.69 Å². The van der Waals surface area contributed by atoms with Crippen LogP contribution in [0.5, 0.6) is 0 Å². The summed E-state index contributed by atoms with van der Waals surface area (Å²) in [6.45, 7) is 0. The van der Waals surface area contributed by atoms with Gasteiger partial charge in [0, 0.05) is 0 Å². The zero-order chi connectivity index (χ0) is 16.3. The number of amides is 2. The van der Waals surface area contributed by atoms with Crippen molar-refractivity contribution < 1.29 is 23.9 Å². The Bertz CT molecular complexity index is 744. The number of rotatable bonds is 2. The molecule has 0 aliphatic carbocycles. The van der Waals surface area contributed by atoms with Crippen LogP contribution in [0.4, 0.5) is 5.69 Å². The van der Waals surface area contributed by atoms with Crippen LogP contribution in [0.1, 0.15) is 10.4 Å². The van der Waals surface area contributed by atoms with Gasteiger partial charge in [0.05, 0.1) is 47.4 Å². The minimum atomic E-state index is -0.624. The highest BCUT2D eigenvalue weighted by atomic mass is 35.5. The van der Waals surface area contributed by atoms with Crippen LogP contribution in [0.15, 0.2) is 30.4 Å². The Hall–Kier alpha value is -2.18. The second kappa shape index (κ2) is 4.91. The van der Waals surface area contributed by atoms with E-state index in [9.17, 15) is 14.4 Å². The van der Waals surface area contributed by atoms with E-state index in [0.717, 1.165) is 4.90 Å². The van der Waals surface area contributed by atoms with Crippen LogP contribution in [0, 0.1) is 11.8 Å². The Morgan fingerprint density at radius 2 is 1.78 bits per heavy atom. The van der Waals surface area contributed by atoms with Gasteiger partial charge in [0.25, 0.3) is 0 Å². The monoisotopic (exact) mass is 333 g/mol. The first-order valence-electron chi connectivity index (χ1n) is 7.12. The molecular weight excluding hydrogens is 322 g/mol. The van der Waals surface area contributed by atoms with Gasteiger partial charge in [-0.05, 0) is 18.2 Å². The lowest BCUT2D eigenvalue weighted by Crippen LogP contribution is -2.34. The average molecular weight is 334 g/mol. The molecular formula is C16H12ClNO5. The standard InChI is InChI=1S/C16H12ClNO5/c1-22-16(21)8-6-7(2-3-9(8)17)18-14(19)12-10-4-5-11(23-10)13(12)15(18)20/h2-6,10-13H,1H3. The normalized spacial score (nSPS) is 31.0. The lowest BCUT2D eigenvalue weighted by atomic mass is 9.85. The van der Waals surface area contributed by atoms with Gasteiger partial charge in [-0.3, -0.25) is 9.59 Å². The fourth-order valence-electron chi connectivity index (χ4n) is 3.48. The zero-order valence-corrected chi connectivity index (χ0v) is 12.8. The number of fused-ring (bicyclic) bond motifs is 5. The molecule has 4 atom stereocenters. The van der Waals surface area contributed by atoms with E-state index in [1.54, 1.807) is 6.07 Å². The molecule has 3 heterocycles. The first-order chi connectivity index (χ1) is 11.0. The molecule has 6 nitrogen and oxygen atoms in total. The zero-order valence-electron chi connectivity index (χ0n) is 12.1. The summed E-state index contributed by atoms with van der Waals surface area (Å²) in [5.74, 6) is -2.23. The van der Waals surface area contributed by atoms with E-state index < -0.39 is 17.8 Å². The van der Waals surface area contributed by atoms with Crippen LogP contribution < -0.4 is 4.90 Å². The Kier molecular flexibility index (Phi) is 3.08. The number of hydrogen-bond acceptors (Lipinski definition) is 5. The maximum Gasteiger partial charge on any atom is 0.339 e. The molecule has 0 radical (unpaired) electrons. The first kappa shape index (κ1) is 14.4. The molecule has 2 amide bonds. The second-order valence-corrected chi connectivity index (χ2v) is 6.08. The number of carbonyl (C=O) groups excluding carboxylic acids is 3. The molecule has 4 rings (SSSR count). The quantitative estimate of drug-likeness (QED) is 0.466. The summed E-state index contributed by atoms with van der Waals surface area (Å²) in [5.41, 5.74) is 0.431. The van der Waals surface area contributed by atoms with E-state index in [0.29, 0.717) is 5.69 Å². The average Bonchev–Trinajstić information content (AvgIpc) is 3.22. The molecule has 2 fully saturated rings. The molecule has 118 valence electrons. The van der Waals surface area contributed by atoms with Crippen molar-refractivity contribution in [3.8, 4) is 0 Å². The number of nitrogens with zero attached hydrogens (tertiary/aromatic N) is 1. The van der Waals surface area contributed by atoms with Gasteiger partial charge in [0.15, 0.2) is 0 Å². The van der Waals surface area contributed by atoms with Crippen molar-refractivity contribution in [2.75, 3.05) is 12.0 Å². The van der Waals surface area contributed by atoms with Crippen molar-refractivity contribution in [1.82, 2.24) is 0 Å². The summed E-state index contributed by atoms with van der Waals surface area (Å²) < 4.78 is 10.3. The van der Waals surface area contributed by atoms with Gasteiger partial charge >= 0.3 is 5.97 Å². The summed E-state index contributed by atoms with van der Waals surface area (Å²) >= 11 is 5.98. The van der Waals surface area contributed by atoms with Crippen LogP contribution in [-0.2, 0) is 19.1 Å². The molecule has 3 aliphatic rings. The summed E-state index contributed by atoms with van der Waals surface area (Å²) in [6.07, 6.45) is 2.95. The van der Waals surface area contributed by atoms with Crippen molar-refractivity contribution in [3.05, 3.63) is 40.9 Å². The Labute approximate surface area is 136 Å². The molecule has 0 aromatic heterocycles. The van der Waals surface area contributed by atoms with E-state index in [4.69, 9.17) is 16.3 Å². The number of halogens is 1. The third-order valence-electron chi connectivity index (χ3n) is 4.52. The molecule has 7 heteroatoms. The van der Waals surface area contributed by atoms with Gasteiger partial charge in [0.2, 0.25) is 11.8 Å². The largest absolute Gasteiger partial charge is 0.465 e. The fourth-order valence-corrected chi connectivity index (χ4v) is 3.67. The van der Waals surface area contributed by atoms with Gasteiger partial charge in [0.1, 0.15) is 0 Å². The smallest absolute Gasteiger partial charge is 0.339 e. The third-order valence-corrected chi connectivity index (χ3v) is 4.85. The number of methoxy groups -OCH3 is 1. The Morgan fingerprint density at radius 1 is 1.17 bits per heavy atom. The van der Waals surface area contributed by atoms with Crippen molar-refractivity contribution >= 4 is 35.1 Å². The predicted molar refractivity (Wildman–Crippen MR) is 80.1 cm³/mol. The lowest BCUT2D eigenvalue weighted by molar-refractivity contribution is -0.124. The highest BCUT2D eigenvalue weighted by Gasteiger charge is 2.61. The van der Waals surface area contributed by atoms with Crippen LogP contribution in [0.25, 0.3) is 0 Å². The SMILES string of the molecule is COC(=O)c1cc(N2C(=O)C3C4C=CC(O4)C3C2=O)ccc1Cl. The number of carbonyl (C=O) groups is 3. The fraction of sp³-hybridized carbons (Fsp3) is 0.312. The van der Waals surface area contributed by atoms with Crippen molar-refractivity contribution in [1.29, 1.82) is 0 Å². The lowest BCUT2D eigenvalue weighted by Gasteiger charge is -2.18. The second-order valence-electron chi connectivity index (χ2n) is 5.67. The van der Waals surface area contributed by atoms with E-state index in [-0.39, 0.29) is 34.6 Å². The minimum Gasteiger partial charge on any atom is -0.465 e. The van der Waals surface area contributed by atoms with E-state index in [1.165, 1.54) is 19.2 Å². The third kappa shape index (κ3) is 1.88. The molecule has 23 heavy (non-hydrogen) atoms. The van der Waals surface area contributed by atoms with Crippen LogP contribution in [-0.4, -0.2) is 37.1 Å². The van der Waals surface area contributed by atoms with E-state index >= 15 is 0 Å². The molecule has 2 saturated heterocycles. The van der Waals surface area contributed by atoms with Gasteiger partial charge in [-0.1, -0.05) is 23.8 Å². The van der Waals surface area contributed by atoms with Crippen molar-refractivity contribution in [2.24, 2.45) is 11.8 Å². The number of esters is 1. The number of benzene rings is 1. The molecule has 1 aromatic carbocycles. The molecule has 4 unspecified atom stereocenters. The summed E-state index contributed by atoms with van der Waals surface area (Å²) in [6, 6.07) is 4.42. The number of imide groups is 1. The maximum absolute atomic E-state index is 12.7. The van der Waals surface area contributed by atoms with Crippen LogP contribution in [0.2, 0.25) is 5.02 Å². The summed E-state index contributed by atoms with van der Waals surface area (Å²) in [5, 5.41) is 0.199. The highest BCUT2D eigenvalue weighted by Crippen LogP contribution is 2.46.